The maximum absolute atomic E-state index is 11.3. The Labute approximate surface area is 108 Å². The smallest absolute Gasteiger partial charge is 0.408 e. The van der Waals surface area contributed by atoms with Gasteiger partial charge in [-0.1, -0.05) is 30.3 Å². The summed E-state index contributed by atoms with van der Waals surface area (Å²) in [5.74, 6) is -2.75. The van der Waals surface area contributed by atoms with Gasteiger partial charge in [0.15, 0.2) is 0 Å². The lowest BCUT2D eigenvalue weighted by Gasteiger charge is -2.12. The van der Waals surface area contributed by atoms with E-state index in [1.54, 1.807) is 30.3 Å². The molecule has 1 aromatic carbocycles. The molecule has 7 nitrogen and oxygen atoms in total. The number of carboxylic acids is 2. The summed E-state index contributed by atoms with van der Waals surface area (Å²) in [7, 11) is 0. The quantitative estimate of drug-likeness (QED) is 0.704. The lowest BCUT2D eigenvalue weighted by Crippen LogP contribution is -2.42. The first-order valence-corrected chi connectivity index (χ1v) is 5.41. The number of hydrogen-bond acceptors (Lipinski definition) is 4. The van der Waals surface area contributed by atoms with Gasteiger partial charge < -0.3 is 20.3 Å². The van der Waals surface area contributed by atoms with Crippen molar-refractivity contribution in [2.75, 3.05) is 0 Å². The molecule has 3 N–H and O–H groups in total. The van der Waals surface area contributed by atoms with Crippen LogP contribution in [0.4, 0.5) is 4.79 Å². The average Bonchev–Trinajstić information content (AvgIpc) is 2.36. The number of rotatable bonds is 6. The zero-order chi connectivity index (χ0) is 14.3. The first-order chi connectivity index (χ1) is 8.99. The van der Waals surface area contributed by atoms with Crippen molar-refractivity contribution in [2.45, 2.75) is 19.1 Å². The maximum atomic E-state index is 11.3. The Morgan fingerprint density at radius 2 is 1.79 bits per heavy atom. The summed E-state index contributed by atoms with van der Waals surface area (Å²) in [5.41, 5.74) is 0.739. The molecule has 0 saturated carbocycles. The Kier molecular flexibility index (Phi) is 5.34. The zero-order valence-corrected chi connectivity index (χ0v) is 9.91. The Balaban J connectivity index is 2.45. The summed E-state index contributed by atoms with van der Waals surface area (Å²) in [6.07, 6.45) is -1.69. The van der Waals surface area contributed by atoms with Gasteiger partial charge in [0, 0.05) is 0 Å². The Morgan fingerprint density at radius 1 is 1.16 bits per heavy atom. The van der Waals surface area contributed by atoms with Crippen LogP contribution in [0.15, 0.2) is 30.3 Å². The maximum Gasteiger partial charge on any atom is 0.408 e. The third kappa shape index (κ3) is 5.53. The van der Waals surface area contributed by atoms with E-state index in [-0.39, 0.29) is 6.61 Å². The fourth-order valence-electron chi connectivity index (χ4n) is 1.28. The molecule has 0 aliphatic rings. The van der Waals surface area contributed by atoms with Crippen LogP contribution in [0, 0.1) is 0 Å². The van der Waals surface area contributed by atoms with E-state index in [0.717, 1.165) is 5.56 Å². The molecule has 1 aromatic rings. The van der Waals surface area contributed by atoms with Gasteiger partial charge in [-0.2, -0.15) is 0 Å². The van der Waals surface area contributed by atoms with E-state index in [1.165, 1.54) is 0 Å². The predicted octanol–water partition coefficient (Wildman–Crippen LogP) is 0.841. The van der Waals surface area contributed by atoms with Crippen LogP contribution in [-0.2, 0) is 20.9 Å². The minimum Gasteiger partial charge on any atom is -0.481 e. The van der Waals surface area contributed by atoms with Crippen molar-refractivity contribution in [3.63, 3.8) is 0 Å². The van der Waals surface area contributed by atoms with Crippen LogP contribution in [0.5, 0.6) is 0 Å². The standard InChI is InChI=1S/C12H13NO6/c14-10(15)6-9(11(16)17)13-12(18)19-7-8-4-2-1-3-5-8/h1-5,9H,6-7H2,(H,13,18)(H,14,15)(H,16,17)/t9-/m0/s1. The summed E-state index contributed by atoms with van der Waals surface area (Å²) < 4.78 is 4.78. The van der Waals surface area contributed by atoms with Crippen LogP contribution >= 0.6 is 0 Å². The second-order valence-corrected chi connectivity index (χ2v) is 3.69. The number of carbonyl (C=O) groups is 3. The average molecular weight is 267 g/mol. The number of hydrogen-bond donors (Lipinski definition) is 3. The molecule has 102 valence electrons. The predicted molar refractivity (Wildman–Crippen MR) is 63.4 cm³/mol. The second kappa shape index (κ2) is 7.00. The molecule has 0 aliphatic carbocycles. The topological polar surface area (TPSA) is 113 Å². The minimum atomic E-state index is -1.51. The number of amides is 1. The van der Waals surface area contributed by atoms with Gasteiger partial charge in [0.1, 0.15) is 12.6 Å². The normalized spacial score (nSPS) is 11.4. The molecule has 0 aliphatic heterocycles. The number of carboxylic acid groups (broad SMARTS) is 2. The molecule has 0 heterocycles. The monoisotopic (exact) mass is 267 g/mol. The molecule has 0 unspecified atom stereocenters. The highest BCUT2D eigenvalue weighted by Gasteiger charge is 2.23. The summed E-state index contributed by atoms with van der Waals surface area (Å²) in [4.78, 5) is 32.5. The van der Waals surface area contributed by atoms with Crippen LogP contribution in [-0.4, -0.2) is 34.3 Å². The first kappa shape index (κ1) is 14.5. The van der Waals surface area contributed by atoms with Gasteiger partial charge in [0.25, 0.3) is 0 Å². The van der Waals surface area contributed by atoms with Gasteiger partial charge >= 0.3 is 18.0 Å². The highest BCUT2D eigenvalue weighted by Crippen LogP contribution is 2.01. The van der Waals surface area contributed by atoms with Crippen molar-refractivity contribution in [3.8, 4) is 0 Å². The number of ether oxygens (including phenoxy) is 1. The number of alkyl carbamates (subject to hydrolysis) is 1. The van der Waals surface area contributed by atoms with Gasteiger partial charge in [-0.15, -0.1) is 0 Å². The largest absolute Gasteiger partial charge is 0.481 e. The minimum absolute atomic E-state index is 0.0217. The summed E-state index contributed by atoms with van der Waals surface area (Å²) in [5, 5.41) is 19.2. The van der Waals surface area contributed by atoms with Gasteiger partial charge in [-0.05, 0) is 5.56 Å². The van der Waals surface area contributed by atoms with Crippen LogP contribution in [0.3, 0.4) is 0 Å². The van der Waals surface area contributed by atoms with Gasteiger partial charge in [0.2, 0.25) is 0 Å². The number of aliphatic carboxylic acids is 2. The molecule has 0 radical (unpaired) electrons. The number of nitrogens with one attached hydrogen (secondary N) is 1. The molecule has 0 aromatic heterocycles. The molecule has 0 fully saturated rings. The molecule has 7 heteroatoms. The highest BCUT2D eigenvalue weighted by atomic mass is 16.5. The third-order valence-corrected chi connectivity index (χ3v) is 2.18. The van der Waals surface area contributed by atoms with Crippen LogP contribution in [0.2, 0.25) is 0 Å². The summed E-state index contributed by atoms with van der Waals surface area (Å²) >= 11 is 0. The Morgan fingerprint density at radius 3 is 2.32 bits per heavy atom. The fourth-order valence-corrected chi connectivity index (χ4v) is 1.28. The van der Waals surface area contributed by atoms with Crippen LogP contribution in [0.1, 0.15) is 12.0 Å². The van der Waals surface area contributed by atoms with Crippen molar-refractivity contribution >= 4 is 18.0 Å². The number of carbonyl (C=O) groups excluding carboxylic acids is 1. The van der Waals surface area contributed by atoms with E-state index in [2.05, 4.69) is 0 Å². The van der Waals surface area contributed by atoms with E-state index in [1.807, 2.05) is 5.32 Å². The van der Waals surface area contributed by atoms with Crippen molar-refractivity contribution in [3.05, 3.63) is 35.9 Å². The van der Waals surface area contributed by atoms with E-state index in [0.29, 0.717) is 0 Å². The highest BCUT2D eigenvalue weighted by molar-refractivity contribution is 5.84. The SMILES string of the molecule is O=C(O)C[C@H](NC(=O)OCc1ccccc1)C(=O)O. The second-order valence-electron chi connectivity index (χ2n) is 3.69. The number of benzene rings is 1. The van der Waals surface area contributed by atoms with E-state index in [9.17, 15) is 14.4 Å². The fraction of sp³-hybridized carbons (Fsp3) is 0.250. The molecule has 1 amide bonds. The van der Waals surface area contributed by atoms with Gasteiger partial charge in [-0.3, -0.25) is 4.79 Å². The Hall–Kier alpha value is -2.57. The summed E-state index contributed by atoms with van der Waals surface area (Å²) in [6, 6.07) is 7.29. The van der Waals surface area contributed by atoms with E-state index in [4.69, 9.17) is 14.9 Å². The first-order valence-electron chi connectivity index (χ1n) is 5.41. The zero-order valence-electron chi connectivity index (χ0n) is 9.91. The van der Waals surface area contributed by atoms with Crippen molar-refractivity contribution < 1.29 is 29.3 Å². The molecular formula is C12H13NO6. The molecule has 0 spiro atoms. The van der Waals surface area contributed by atoms with Gasteiger partial charge in [0.05, 0.1) is 6.42 Å². The third-order valence-electron chi connectivity index (χ3n) is 2.18. The lowest BCUT2D eigenvalue weighted by molar-refractivity contribution is -0.145. The Bertz CT molecular complexity index is 459. The molecule has 0 saturated heterocycles. The van der Waals surface area contributed by atoms with E-state index >= 15 is 0 Å². The lowest BCUT2D eigenvalue weighted by atomic mass is 10.2. The summed E-state index contributed by atoms with van der Waals surface area (Å²) in [6.45, 7) is -0.0217. The van der Waals surface area contributed by atoms with Crippen LogP contribution in [0.25, 0.3) is 0 Å². The van der Waals surface area contributed by atoms with Crippen LogP contribution < -0.4 is 5.32 Å². The molecule has 1 atom stereocenters. The van der Waals surface area contributed by atoms with E-state index < -0.39 is 30.5 Å². The molecule has 1 rings (SSSR count). The van der Waals surface area contributed by atoms with Gasteiger partial charge in [-0.25, -0.2) is 9.59 Å². The molecular weight excluding hydrogens is 254 g/mol. The molecule has 19 heavy (non-hydrogen) atoms. The van der Waals surface area contributed by atoms with Crippen molar-refractivity contribution in [1.82, 2.24) is 5.32 Å². The van der Waals surface area contributed by atoms with Crippen molar-refractivity contribution in [1.29, 1.82) is 0 Å². The van der Waals surface area contributed by atoms with Crippen molar-refractivity contribution in [2.24, 2.45) is 0 Å². The molecule has 0 bridgehead atoms.